The SMILES string of the molecule is Cc1nc(Cn2nc(I)c3c([N+](=O)[O-])cccc32)cs1. The van der Waals surface area contributed by atoms with E-state index >= 15 is 0 Å². The topological polar surface area (TPSA) is 73.8 Å². The van der Waals surface area contributed by atoms with Crippen LogP contribution in [-0.4, -0.2) is 19.7 Å². The first-order valence-corrected chi connectivity index (χ1v) is 7.72. The maximum atomic E-state index is 11.1. The fraction of sp³-hybridized carbons (Fsp3) is 0.167. The minimum Gasteiger partial charge on any atom is -0.258 e. The predicted octanol–water partition coefficient (Wildman–Crippen LogP) is 3.36. The van der Waals surface area contributed by atoms with Crippen molar-refractivity contribution in [2.75, 3.05) is 0 Å². The van der Waals surface area contributed by atoms with Gasteiger partial charge in [0.15, 0.2) is 0 Å². The number of non-ortho nitro benzene ring substituents is 1. The van der Waals surface area contributed by atoms with Gasteiger partial charge in [0, 0.05) is 11.4 Å². The second-order valence-electron chi connectivity index (χ2n) is 4.23. The molecule has 0 radical (unpaired) electrons. The van der Waals surface area contributed by atoms with Crippen LogP contribution in [0, 0.1) is 20.7 Å². The number of hydrogen-bond acceptors (Lipinski definition) is 5. The maximum absolute atomic E-state index is 11.1. The third kappa shape index (κ3) is 2.29. The molecule has 3 aromatic rings. The summed E-state index contributed by atoms with van der Waals surface area (Å²) >= 11 is 3.61. The number of benzene rings is 1. The first kappa shape index (κ1) is 13.4. The Bertz CT molecular complexity index is 811. The van der Waals surface area contributed by atoms with E-state index in [-0.39, 0.29) is 10.6 Å². The number of fused-ring (bicyclic) bond motifs is 1. The molecule has 0 unspecified atom stereocenters. The number of nitrogens with zero attached hydrogens (tertiary/aromatic N) is 4. The van der Waals surface area contributed by atoms with Crippen LogP contribution in [0.2, 0.25) is 0 Å². The molecule has 8 heteroatoms. The van der Waals surface area contributed by atoms with E-state index < -0.39 is 0 Å². The minimum atomic E-state index is -0.372. The van der Waals surface area contributed by atoms with Crippen LogP contribution in [0.15, 0.2) is 23.6 Å². The third-order valence-electron chi connectivity index (χ3n) is 2.89. The summed E-state index contributed by atoms with van der Waals surface area (Å²) in [6.45, 7) is 2.47. The number of aryl methyl sites for hydroxylation is 1. The van der Waals surface area contributed by atoms with Crippen molar-refractivity contribution in [3.63, 3.8) is 0 Å². The fourth-order valence-electron chi connectivity index (χ4n) is 2.07. The zero-order valence-corrected chi connectivity index (χ0v) is 13.4. The lowest BCUT2D eigenvalue weighted by Gasteiger charge is -2.00. The van der Waals surface area contributed by atoms with Gasteiger partial charge in [-0.05, 0) is 35.6 Å². The summed E-state index contributed by atoms with van der Waals surface area (Å²) in [6.07, 6.45) is 0. The molecule has 6 nitrogen and oxygen atoms in total. The lowest BCUT2D eigenvalue weighted by molar-refractivity contribution is -0.383. The molecule has 0 aliphatic carbocycles. The van der Waals surface area contributed by atoms with Crippen LogP contribution in [-0.2, 0) is 6.54 Å². The Morgan fingerprint density at radius 2 is 2.30 bits per heavy atom. The minimum absolute atomic E-state index is 0.0904. The van der Waals surface area contributed by atoms with E-state index in [2.05, 4.69) is 10.1 Å². The number of rotatable bonds is 3. The van der Waals surface area contributed by atoms with Gasteiger partial charge in [-0.25, -0.2) is 4.98 Å². The molecular weight excluding hydrogens is 391 g/mol. The van der Waals surface area contributed by atoms with Crippen molar-refractivity contribution < 1.29 is 4.92 Å². The quantitative estimate of drug-likeness (QED) is 0.384. The zero-order valence-electron chi connectivity index (χ0n) is 10.4. The number of hydrogen-bond donors (Lipinski definition) is 0. The van der Waals surface area contributed by atoms with Gasteiger partial charge in [0.2, 0.25) is 0 Å². The van der Waals surface area contributed by atoms with Crippen molar-refractivity contribution in [3.05, 3.63) is 48.1 Å². The maximum Gasteiger partial charge on any atom is 0.281 e. The Labute approximate surface area is 131 Å². The Balaban J connectivity index is 2.13. The molecule has 102 valence electrons. The van der Waals surface area contributed by atoms with Crippen molar-refractivity contribution in [1.82, 2.24) is 14.8 Å². The average Bonchev–Trinajstić information content (AvgIpc) is 2.95. The summed E-state index contributed by atoms with van der Waals surface area (Å²) in [4.78, 5) is 15.1. The van der Waals surface area contributed by atoms with Gasteiger partial charge in [0.1, 0.15) is 9.09 Å². The van der Waals surface area contributed by atoms with Gasteiger partial charge in [0.05, 0.1) is 27.7 Å². The second-order valence-corrected chi connectivity index (χ2v) is 6.32. The summed E-state index contributed by atoms with van der Waals surface area (Å²) in [5, 5.41) is 19.1. The highest BCUT2D eigenvalue weighted by atomic mass is 127. The Hall–Kier alpha value is -1.55. The van der Waals surface area contributed by atoms with E-state index in [1.54, 1.807) is 22.1 Å². The largest absolute Gasteiger partial charge is 0.281 e. The molecule has 0 atom stereocenters. The number of halogens is 1. The number of nitro groups is 1. The smallest absolute Gasteiger partial charge is 0.258 e. The van der Waals surface area contributed by atoms with Crippen LogP contribution in [0.1, 0.15) is 10.7 Å². The highest BCUT2D eigenvalue weighted by molar-refractivity contribution is 14.1. The first-order valence-electron chi connectivity index (χ1n) is 5.76. The number of thiazole rings is 1. The molecule has 1 aromatic carbocycles. The molecule has 0 saturated heterocycles. The van der Waals surface area contributed by atoms with Gasteiger partial charge >= 0.3 is 0 Å². The predicted molar refractivity (Wildman–Crippen MR) is 85.1 cm³/mol. The summed E-state index contributed by atoms with van der Waals surface area (Å²) in [7, 11) is 0. The number of aromatic nitrogens is 3. The summed E-state index contributed by atoms with van der Waals surface area (Å²) in [6, 6.07) is 5.03. The van der Waals surface area contributed by atoms with Crippen LogP contribution >= 0.6 is 33.9 Å². The van der Waals surface area contributed by atoms with Gasteiger partial charge < -0.3 is 0 Å². The van der Waals surface area contributed by atoms with E-state index in [1.807, 2.05) is 41.0 Å². The summed E-state index contributed by atoms with van der Waals surface area (Å²) in [5.41, 5.74) is 1.77. The summed E-state index contributed by atoms with van der Waals surface area (Å²) < 4.78 is 2.40. The second kappa shape index (κ2) is 5.09. The Kier molecular flexibility index (Phi) is 3.42. The Morgan fingerprint density at radius 1 is 1.50 bits per heavy atom. The molecule has 3 rings (SSSR count). The van der Waals surface area contributed by atoms with Crippen molar-refractivity contribution >= 4 is 50.5 Å². The number of nitro benzene ring substituents is 1. The molecule has 0 spiro atoms. The molecule has 2 heterocycles. The van der Waals surface area contributed by atoms with E-state index in [0.717, 1.165) is 16.2 Å². The summed E-state index contributed by atoms with van der Waals surface area (Å²) in [5.74, 6) is 0. The third-order valence-corrected chi connectivity index (χ3v) is 4.47. The molecule has 0 aliphatic heterocycles. The van der Waals surface area contributed by atoms with E-state index in [1.165, 1.54) is 6.07 Å². The fourth-order valence-corrected chi connectivity index (χ4v) is 3.49. The van der Waals surface area contributed by atoms with E-state index in [9.17, 15) is 10.1 Å². The normalized spacial score (nSPS) is 11.1. The first-order chi connectivity index (χ1) is 9.56. The molecule has 0 fully saturated rings. The van der Waals surface area contributed by atoms with Gasteiger partial charge in [-0.1, -0.05) is 6.07 Å². The van der Waals surface area contributed by atoms with Crippen LogP contribution < -0.4 is 0 Å². The van der Waals surface area contributed by atoms with E-state index in [4.69, 9.17) is 0 Å². The highest BCUT2D eigenvalue weighted by Crippen LogP contribution is 2.30. The standard InChI is InChI=1S/C12H9IN4O2S/c1-7-14-8(6-20-7)5-16-9-3-2-4-10(17(18)19)11(9)12(13)15-16/h2-4,6H,5H2,1H3. The van der Waals surface area contributed by atoms with Gasteiger partial charge in [-0.2, -0.15) is 5.10 Å². The molecule has 20 heavy (non-hydrogen) atoms. The average molecular weight is 400 g/mol. The van der Waals surface area contributed by atoms with Gasteiger partial charge in [-0.15, -0.1) is 11.3 Å². The van der Waals surface area contributed by atoms with Crippen LogP contribution in [0.5, 0.6) is 0 Å². The molecule has 0 bridgehead atoms. The van der Waals surface area contributed by atoms with Crippen LogP contribution in [0.4, 0.5) is 5.69 Å². The van der Waals surface area contributed by atoms with Crippen LogP contribution in [0.3, 0.4) is 0 Å². The molecule has 0 N–H and O–H groups in total. The van der Waals surface area contributed by atoms with Crippen molar-refractivity contribution in [2.45, 2.75) is 13.5 Å². The Morgan fingerprint density at radius 3 is 2.95 bits per heavy atom. The molecular formula is C12H9IN4O2S. The van der Waals surface area contributed by atoms with Gasteiger partial charge in [-0.3, -0.25) is 14.8 Å². The molecule has 0 aliphatic rings. The van der Waals surface area contributed by atoms with Crippen molar-refractivity contribution in [2.24, 2.45) is 0 Å². The van der Waals surface area contributed by atoms with Crippen molar-refractivity contribution in [3.8, 4) is 0 Å². The van der Waals surface area contributed by atoms with E-state index in [0.29, 0.717) is 15.6 Å². The molecule has 2 aromatic heterocycles. The molecule has 0 amide bonds. The molecule has 0 saturated carbocycles. The zero-order chi connectivity index (χ0) is 14.3. The highest BCUT2D eigenvalue weighted by Gasteiger charge is 2.19. The lowest BCUT2D eigenvalue weighted by Crippen LogP contribution is -2.02. The van der Waals surface area contributed by atoms with Gasteiger partial charge in [0.25, 0.3) is 5.69 Å². The lowest BCUT2D eigenvalue weighted by atomic mass is 10.2. The monoisotopic (exact) mass is 400 g/mol. The van der Waals surface area contributed by atoms with Crippen molar-refractivity contribution in [1.29, 1.82) is 0 Å². The van der Waals surface area contributed by atoms with Crippen LogP contribution in [0.25, 0.3) is 10.9 Å².